The van der Waals surface area contributed by atoms with Gasteiger partial charge in [-0.25, -0.2) is 0 Å². The van der Waals surface area contributed by atoms with E-state index in [0.717, 1.165) is 23.5 Å². The second-order valence-corrected chi connectivity index (χ2v) is 5.80. The Morgan fingerprint density at radius 2 is 1.95 bits per heavy atom. The van der Waals surface area contributed by atoms with E-state index in [2.05, 4.69) is 11.4 Å². The number of nitrogens with zero attached hydrogens (tertiary/aromatic N) is 1. The van der Waals surface area contributed by atoms with E-state index in [1.54, 1.807) is 6.07 Å². The van der Waals surface area contributed by atoms with E-state index in [0.29, 0.717) is 11.6 Å². The van der Waals surface area contributed by atoms with Crippen LogP contribution in [-0.2, 0) is 4.79 Å². The molecule has 0 unspecified atom stereocenters. The fraction of sp³-hybridized carbons (Fsp3) is 0.278. The van der Waals surface area contributed by atoms with E-state index >= 15 is 0 Å². The van der Waals surface area contributed by atoms with Crippen LogP contribution in [0.4, 0.5) is 11.4 Å². The summed E-state index contributed by atoms with van der Waals surface area (Å²) in [4.78, 5) is 14.4. The van der Waals surface area contributed by atoms with Crippen molar-refractivity contribution in [1.29, 1.82) is 0 Å². The zero-order valence-electron chi connectivity index (χ0n) is 13.2. The summed E-state index contributed by atoms with van der Waals surface area (Å²) in [6, 6.07) is 13.7. The highest BCUT2D eigenvalue weighted by molar-refractivity contribution is 6.31. The standard InChI is InChI=1S/C18H21ClN2O/c1-4-21(16-7-5-6-13(2)10-16)12-18(22)20-17-11-15(19)9-8-14(17)3/h5-11H,4,12H2,1-3H3,(H,20,22). The number of likely N-dealkylation sites (N-methyl/N-ethyl adjacent to an activating group) is 1. The van der Waals surface area contributed by atoms with E-state index in [4.69, 9.17) is 11.6 Å². The predicted octanol–water partition coefficient (Wildman–Crippen LogP) is 4.42. The quantitative estimate of drug-likeness (QED) is 0.885. The van der Waals surface area contributed by atoms with Gasteiger partial charge >= 0.3 is 0 Å². The number of anilines is 2. The van der Waals surface area contributed by atoms with E-state index < -0.39 is 0 Å². The van der Waals surface area contributed by atoms with Gasteiger partial charge < -0.3 is 10.2 Å². The lowest BCUT2D eigenvalue weighted by molar-refractivity contribution is -0.115. The topological polar surface area (TPSA) is 32.3 Å². The summed E-state index contributed by atoms with van der Waals surface area (Å²) in [5.74, 6) is -0.0475. The first-order chi connectivity index (χ1) is 10.5. The molecule has 0 fully saturated rings. The number of nitrogens with one attached hydrogen (secondary N) is 1. The predicted molar refractivity (Wildman–Crippen MR) is 93.9 cm³/mol. The molecule has 0 bridgehead atoms. The monoisotopic (exact) mass is 316 g/mol. The van der Waals surface area contributed by atoms with Crippen molar-refractivity contribution in [2.75, 3.05) is 23.3 Å². The Morgan fingerprint density at radius 1 is 1.18 bits per heavy atom. The fourth-order valence-electron chi connectivity index (χ4n) is 2.30. The number of halogens is 1. The highest BCUT2D eigenvalue weighted by Gasteiger charge is 2.11. The number of hydrogen-bond acceptors (Lipinski definition) is 2. The minimum Gasteiger partial charge on any atom is -0.362 e. The summed E-state index contributed by atoms with van der Waals surface area (Å²) < 4.78 is 0. The summed E-state index contributed by atoms with van der Waals surface area (Å²) in [6.45, 7) is 7.12. The van der Waals surface area contributed by atoms with Gasteiger partial charge in [-0.05, 0) is 56.2 Å². The smallest absolute Gasteiger partial charge is 0.243 e. The maximum Gasteiger partial charge on any atom is 0.243 e. The molecule has 3 nitrogen and oxygen atoms in total. The van der Waals surface area contributed by atoms with E-state index in [-0.39, 0.29) is 5.91 Å². The number of aryl methyl sites for hydroxylation is 2. The number of hydrogen-bond donors (Lipinski definition) is 1. The van der Waals surface area contributed by atoms with E-state index in [9.17, 15) is 4.79 Å². The fourth-order valence-corrected chi connectivity index (χ4v) is 2.47. The van der Waals surface area contributed by atoms with Crippen molar-refractivity contribution >= 4 is 28.9 Å². The molecule has 0 aliphatic rings. The summed E-state index contributed by atoms with van der Waals surface area (Å²) >= 11 is 5.98. The molecule has 1 amide bonds. The van der Waals surface area contributed by atoms with Crippen LogP contribution in [0.15, 0.2) is 42.5 Å². The van der Waals surface area contributed by atoms with Gasteiger partial charge in [0.1, 0.15) is 0 Å². The molecule has 0 saturated carbocycles. The molecule has 4 heteroatoms. The molecular formula is C18H21ClN2O. The van der Waals surface area contributed by atoms with Gasteiger partial charge in [-0.3, -0.25) is 4.79 Å². The Hall–Kier alpha value is -2.00. The molecule has 2 rings (SSSR count). The number of amides is 1. The first kappa shape index (κ1) is 16.4. The normalized spacial score (nSPS) is 10.4. The van der Waals surface area contributed by atoms with Crippen LogP contribution in [-0.4, -0.2) is 19.0 Å². The van der Waals surface area contributed by atoms with Crippen LogP contribution in [0, 0.1) is 13.8 Å². The minimum atomic E-state index is -0.0475. The second kappa shape index (κ2) is 7.32. The van der Waals surface area contributed by atoms with Crippen molar-refractivity contribution in [2.24, 2.45) is 0 Å². The molecule has 1 N–H and O–H groups in total. The Bertz CT molecular complexity index is 670. The van der Waals surface area contributed by atoms with Gasteiger partial charge in [-0.15, -0.1) is 0 Å². The Labute approximate surface area is 136 Å². The van der Waals surface area contributed by atoms with Gasteiger partial charge in [-0.2, -0.15) is 0 Å². The molecule has 0 radical (unpaired) electrons. The molecule has 2 aromatic carbocycles. The third-order valence-electron chi connectivity index (χ3n) is 3.56. The molecule has 0 aliphatic heterocycles. The average molecular weight is 317 g/mol. The van der Waals surface area contributed by atoms with Crippen molar-refractivity contribution in [3.8, 4) is 0 Å². The van der Waals surface area contributed by atoms with Crippen LogP contribution in [0.1, 0.15) is 18.1 Å². The SMILES string of the molecule is CCN(CC(=O)Nc1cc(Cl)ccc1C)c1cccc(C)c1. The summed E-state index contributed by atoms with van der Waals surface area (Å²) in [7, 11) is 0. The summed E-state index contributed by atoms with van der Waals surface area (Å²) in [6.07, 6.45) is 0. The molecule has 0 aliphatic carbocycles. The second-order valence-electron chi connectivity index (χ2n) is 5.36. The van der Waals surface area contributed by atoms with Gasteiger partial charge in [0.2, 0.25) is 5.91 Å². The van der Waals surface area contributed by atoms with Gasteiger partial charge in [-0.1, -0.05) is 29.8 Å². The van der Waals surface area contributed by atoms with Crippen LogP contribution in [0.2, 0.25) is 5.02 Å². The third-order valence-corrected chi connectivity index (χ3v) is 3.79. The lowest BCUT2D eigenvalue weighted by Gasteiger charge is -2.23. The lowest BCUT2D eigenvalue weighted by Crippen LogP contribution is -2.33. The number of rotatable bonds is 5. The van der Waals surface area contributed by atoms with Gasteiger partial charge in [0.25, 0.3) is 0 Å². The van der Waals surface area contributed by atoms with Crippen molar-refractivity contribution in [1.82, 2.24) is 0 Å². The first-order valence-corrected chi connectivity index (χ1v) is 7.75. The van der Waals surface area contributed by atoms with Crippen LogP contribution >= 0.6 is 11.6 Å². The molecule has 0 aromatic heterocycles. The number of carbonyl (C=O) groups excluding carboxylic acids is 1. The van der Waals surface area contributed by atoms with Crippen molar-refractivity contribution in [2.45, 2.75) is 20.8 Å². The highest BCUT2D eigenvalue weighted by atomic mass is 35.5. The molecule has 116 valence electrons. The van der Waals surface area contributed by atoms with Crippen LogP contribution in [0.25, 0.3) is 0 Å². The van der Waals surface area contributed by atoms with Gasteiger partial charge in [0, 0.05) is 22.9 Å². The largest absolute Gasteiger partial charge is 0.362 e. The maximum absolute atomic E-state index is 12.3. The summed E-state index contributed by atoms with van der Waals surface area (Å²) in [5.41, 5.74) is 4.00. The van der Waals surface area contributed by atoms with Crippen molar-refractivity contribution in [3.63, 3.8) is 0 Å². The van der Waals surface area contributed by atoms with Crippen molar-refractivity contribution in [3.05, 3.63) is 58.6 Å². The Morgan fingerprint density at radius 3 is 2.64 bits per heavy atom. The molecule has 0 saturated heterocycles. The molecule has 22 heavy (non-hydrogen) atoms. The molecule has 0 heterocycles. The van der Waals surface area contributed by atoms with Crippen molar-refractivity contribution < 1.29 is 4.79 Å². The highest BCUT2D eigenvalue weighted by Crippen LogP contribution is 2.21. The van der Waals surface area contributed by atoms with Crippen LogP contribution in [0.3, 0.4) is 0 Å². The first-order valence-electron chi connectivity index (χ1n) is 7.37. The Kier molecular flexibility index (Phi) is 5.45. The molecule has 2 aromatic rings. The summed E-state index contributed by atoms with van der Waals surface area (Å²) in [5, 5.41) is 3.55. The van der Waals surface area contributed by atoms with Gasteiger partial charge in [0.05, 0.1) is 6.54 Å². The minimum absolute atomic E-state index is 0.0475. The van der Waals surface area contributed by atoms with E-state index in [1.165, 1.54) is 5.56 Å². The zero-order chi connectivity index (χ0) is 16.1. The van der Waals surface area contributed by atoms with Crippen LogP contribution < -0.4 is 10.2 Å². The maximum atomic E-state index is 12.3. The molecule has 0 spiro atoms. The molecule has 0 atom stereocenters. The molecular weight excluding hydrogens is 296 g/mol. The zero-order valence-corrected chi connectivity index (χ0v) is 13.9. The van der Waals surface area contributed by atoms with E-state index in [1.807, 2.05) is 56.0 Å². The number of carbonyl (C=O) groups is 1. The average Bonchev–Trinajstić information content (AvgIpc) is 2.48. The lowest BCUT2D eigenvalue weighted by atomic mass is 10.2. The number of benzene rings is 2. The van der Waals surface area contributed by atoms with Crippen LogP contribution in [0.5, 0.6) is 0 Å². The third kappa shape index (κ3) is 4.25. The Balaban J connectivity index is 2.08. The van der Waals surface area contributed by atoms with Gasteiger partial charge in [0.15, 0.2) is 0 Å².